The van der Waals surface area contributed by atoms with Gasteiger partial charge in [-0.15, -0.1) is 35.7 Å². The predicted molar refractivity (Wildman–Crippen MR) is 117 cm³/mol. The highest BCUT2D eigenvalue weighted by Crippen LogP contribution is 2.16. The molecule has 1 saturated heterocycles. The van der Waals surface area contributed by atoms with Gasteiger partial charge in [0, 0.05) is 24.0 Å². The monoisotopic (exact) mass is 462 g/mol. The van der Waals surface area contributed by atoms with E-state index in [1.165, 1.54) is 29.8 Å². The third-order valence-corrected chi connectivity index (χ3v) is 5.08. The minimum Gasteiger partial charge on any atom is -0.357 e. The Bertz CT molecular complexity index is 492. The van der Waals surface area contributed by atoms with Gasteiger partial charge in [0.15, 0.2) is 5.96 Å². The van der Waals surface area contributed by atoms with Crippen LogP contribution in [0, 0.1) is 0 Å². The highest BCUT2D eigenvalue weighted by molar-refractivity contribution is 14.0. The number of thioether (sulfide) groups is 1. The summed E-state index contributed by atoms with van der Waals surface area (Å²) in [6, 6.07) is 9.29. The fourth-order valence-electron chi connectivity index (χ4n) is 3.00. The van der Waals surface area contributed by atoms with Crippen molar-refractivity contribution in [1.29, 1.82) is 0 Å². The number of likely N-dealkylation sites (N-methyl/N-ethyl adjacent to an activating group) is 1. The van der Waals surface area contributed by atoms with Crippen LogP contribution in [0.5, 0.6) is 0 Å². The average Bonchev–Trinajstić information content (AvgIpc) is 3.05. The molecule has 0 aromatic heterocycles. The highest BCUT2D eigenvalue weighted by atomic mass is 127. The molecule has 1 unspecified atom stereocenters. The number of nitrogens with one attached hydrogen (secondary N) is 2. The quantitative estimate of drug-likeness (QED) is 0.281. The van der Waals surface area contributed by atoms with Gasteiger partial charge < -0.3 is 10.6 Å². The van der Waals surface area contributed by atoms with Crippen molar-refractivity contribution >= 4 is 41.7 Å². The molecule has 0 amide bonds. The van der Waals surface area contributed by atoms with E-state index in [9.17, 15) is 0 Å². The van der Waals surface area contributed by atoms with Crippen molar-refractivity contribution in [1.82, 2.24) is 15.5 Å². The number of hydrogen-bond donors (Lipinski definition) is 2. The molecule has 6 heteroatoms. The topological polar surface area (TPSA) is 39.7 Å². The first kappa shape index (κ1) is 21.6. The SMILES string of the molecule is CCNC(=NCc1ccc(SC)cc1)NCC1CCCN1CC.I. The first-order chi connectivity index (χ1) is 11.3. The van der Waals surface area contributed by atoms with Gasteiger partial charge in [0.1, 0.15) is 0 Å². The van der Waals surface area contributed by atoms with E-state index in [0.29, 0.717) is 12.6 Å². The van der Waals surface area contributed by atoms with Gasteiger partial charge in [0.05, 0.1) is 6.54 Å². The maximum absolute atomic E-state index is 4.72. The van der Waals surface area contributed by atoms with E-state index in [2.05, 4.69) is 59.9 Å². The Balaban J connectivity index is 0.00000288. The molecule has 1 atom stereocenters. The van der Waals surface area contributed by atoms with Crippen molar-refractivity contribution in [2.24, 2.45) is 4.99 Å². The summed E-state index contributed by atoms with van der Waals surface area (Å²) < 4.78 is 0. The van der Waals surface area contributed by atoms with Crippen LogP contribution in [0.3, 0.4) is 0 Å². The Hall–Kier alpha value is -0.470. The number of likely N-dealkylation sites (tertiary alicyclic amines) is 1. The Morgan fingerprint density at radius 3 is 2.62 bits per heavy atom. The van der Waals surface area contributed by atoms with E-state index in [0.717, 1.165) is 25.6 Å². The van der Waals surface area contributed by atoms with Gasteiger partial charge in [-0.2, -0.15) is 0 Å². The zero-order valence-corrected chi connectivity index (χ0v) is 18.2. The molecule has 1 heterocycles. The van der Waals surface area contributed by atoms with Crippen LogP contribution in [-0.2, 0) is 6.54 Å². The van der Waals surface area contributed by atoms with Crippen LogP contribution in [0.15, 0.2) is 34.2 Å². The fourth-order valence-corrected chi connectivity index (χ4v) is 3.41. The maximum Gasteiger partial charge on any atom is 0.191 e. The molecular formula is C18H31IN4S. The molecule has 1 aromatic rings. The maximum atomic E-state index is 4.72. The zero-order valence-electron chi connectivity index (χ0n) is 15.0. The number of benzene rings is 1. The summed E-state index contributed by atoms with van der Waals surface area (Å²) in [5, 5.41) is 6.86. The number of guanidine groups is 1. The second-order valence-electron chi connectivity index (χ2n) is 5.85. The highest BCUT2D eigenvalue weighted by Gasteiger charge is 2.22. The third kappa shape index (κ3) is 6.80. The Kier molecular flexibility index (Phi) is 10.8. The molecule has 0 aliphatic carbocycles. The summed E-state index contributed by atoms with van der Waals surface area (Å²) >= 11 is 1.77. The number of nitrogens with zero attached hydrogens (tertiary/aromatic N) is 2. The third-order valence-electron chi connectivity index (χ3n) is 4.33. The van der Waals surface area contributed by atoms with E-state index in [1.807, 2.05) is 0 Å². The van der Waals surface area contributed by atoms with Crippen LogP contribution in [-0.4, -0.2) is 49.3 Å². The zero-order chi connectivity index (χ0) is 16.5. The summed E-state index contributed by atoms with van der Waals surface area (Å²) in [5.41, 5.74) is 1.25. The van der Waals surface area contributed by atoms with E-state index in [-0.39, 0.29) is 24.0 Å². The lowest BCUT2D eigenvalue weighted by Gasteiger charge is -2.24. The Labute approximate surface area is 168 Å². The van der Waals surface area contributed by atoms with Crippen LogP contribution in [0.4, 0.5) is 0 Å². The summed E-state index contributed by atoms with van der Waals surface area (Å²) in [4.78, 5) is 8.57. The molecule has 0 saturated carbocycles. The van der Waals surface area contributed by atoms with Gasteiger partial charge in [-0.3, -0.25) is 4.90 Å². The van der Waals surface area contributed by atoms with Crippen LogP contribution in [0.25, 0.3) is 0 Å². The van der Waals surface area contributed by atoms with Gasteiger partial charge in [-0.05, 0) is 56.8 Å². The second-order valence-corrected chi connectivity index (χ2v) is 6.73. The molecule has 4 nitrogen and oxygen atoms in total. The molecule has 0 radical (unpaired) electrons. The minimum absolute atomic E-state index is 0. The van der Waals surface area contributed by atoms with E-state index < -0.39 is 0 Å². The van der Waals surface area contributed by atoms with E-state index in [4.69, 9.17) is 4.99 Å². The number of halogens is 1. The van der Waals surface area contributed by atoms with E-state index in [1.54, 1.807) is 11.8 Å². The van der Waals surface area contributed by atoms with E-state index >= 15 is 0 Å². The summed E-state index contributed by atoms with van der Waals surface area (Å²) in [6.45, 7) is 9.31. The molecule has 0 spiro atoms. The second kappa shape index (κ2) is 12.0. The molecular weight excluding hydrogens is 431 g/mol. The van der Waals surface area contributed by atoms with Crippen molar-refractivity contribution in [2.75, 3.05) is 32.4 Å². The van der Waals surface area contributed by atoms with Gasteiger partial charge in [-0.1, -0.05) is 19.1 Å². The van der Waals surface area contributed by atoms with Crippen molar-refractivity contribution in [3.8, 4) is 0 Å². The lowest BCUT2D eigenvalue weighted by atomic mass is 10.2. The number of aliphatic imine (C=N–C) groups is 1. The number of hydrogen-bond acceptors (Lipinski definition) is 3. The molecule has 1 aromatic carbocycles. The van der Waals surface area contributed by atoms with Crippen LogP contribution in [0.1, 0.15) is 32.3 Å². The van der Waals surface area contributed by atoms with Crippen molar-refractivity contribution in [2.45, 2.75) is 44.2 Å². The smallest absolute Gasteiger partial charge is 0.191 e. The van der Waals surface area contributed by atoms with Gasteiger partial charge in [0.25, 0.3) is 0 Å². The molecule has 2 rings (SSSR count). The van der Waals surface area contributed by atoms with Crippen LogP contribution in [0.2, 0.25) is 0 Å². The normalized spacial score (nSPS) is 18.3. The molecule has 1 aliphatic heterocycles. The summed E-state index contributed by atoms with van der Waals surface area (Å²) in [5.74, 6) is 0.921. The van der Waals surface area contributed by atoms with Gasteiger partial charge in [0.2, 0.25) is 0 Å². The fraction of sp³-hybridized carbons (Fsp3) is 0.611. The van der Waals surface area contributed by atoms with Crippen LogP contribution >= 0.6 is 35.7 Å². The predicted octanol–water partition coefficient (Wildman–Crippen LogP) is 3.57. The van der Waals surface area contributed by atoms with Gasteiger partial charge in [-0.25, -0.2) is 4.99 Å². The average molecular weight is 462 g/mol. The molecule has 0 bridgehead atoms. The Morgan fingerprint density at radius 1 is 1.25 bits per heavy atom. The van der Waals surface area contributed by atoms with Crippen LogP contribution < -0.4 is 10.6 Å². The lowest BCUT2D eigenvalue weighted by Crippen LogP contribution is -2.44. The molecule has 2 N–H and O–H groups in total. The molecule has 24 heavy (non-hydrogen) atoms. The largest absolute Gasteiger partial charge is 0.357 e. The van der Waals surface area contributed by atoms with Gasteiger partial charge >= 0.3 is 0 Å². The molecule has 136 valence electrons. The number of rotatable bonds is 7. The Morgan fingerprint density at radius 2 is 2.00 bits per heavy atom. The van der Waals surface area contributed by atoms with Crippen molar-refractivity contribution in [3.05, 3.63) is 29.8 Å². The first-order valence-electron chi connectivity index (χ1n) is 8.66. The van der Waals surface area contributed by atoms with Crippen molar-refractivity contribution in [3.63, 3.8) is 0 Å². The summed E-state index contributed by atoms with van der Waals surface area (Å²) in [6.07, 6.45) is 4.70. The first-order valence-corrected chi connectivity index (χ1v) is 9.88. The van der Waals surface area contributed by atoms with Crippen molar-refractivity contribution < 1.29 is 0 Å². The molecule has 1 aliphatic rings. The molecule has 1 fully saturated rings. The minimum atomic E-state index is 0. The summed E-state index contributed by atoms with van der Waals surface area (Å²) in [7, 11) is 0. The lowest BCUT2D eigenvalue weighted by molar-refractivity contribution is 0.267. The standard InChI is InChI=1S/C18H30N4S.HI/c1-4-19-18(21-14-16-7-6-12-22(16)5-2)20-13-15-8-10-17(23-3)11-9-15;/h8-11,16H,4-7,12-14H2,1-3H3,(H2,19,20,21);1H.